The van der Waals surface area contributed by atoms with Crippen molar-refractivity contribution in [2.24, 2.45) is 0 Å². The van der Waals surface area contributed by atoms with Gasteiger partial charge in [0.25, 0.3) is 0 Å². The molecule has 0 spiro atoms. The smallest absolute Gasteiger partial charge is 0.0112 e. The van der Waals surface area contributed by atoms with Crippen LogP contribution in [0.25, 0.3) is 17.2 Å². The van der Waals surface area contributed by atoms with Crippen molar-refractivity contribution in [1.29, 1.82) is 0 Å². The molecule has 0 N–H and O–H groups in total. The highest BCUT2D eigenvalue weighted by atomic mass is 14.0. The highest BCUT2D eigenvalue weighted by molar-refractivity contribution is 5.74. The third kappa shape index (κ3) is 5.56. The molecule has 0 saturated carbocycles. The van der Waals surface area contributed by atoms with Crippen LogP contribution in [0.3, 0.4) is 0 Å². The summed E-state index contributed by atoms with van der Waals surface area (Å²) >= 11 is 0. The summed E-state index contributed by atoms with van der Waals surface area (Å²) in [5.41, 5.74) is 3.83. The topological polar surface area (TPSA) is 0 Å². The zero-order valence-corrected chi connectivity index (χ0v) is 12.9. The van der Waals surface area contributed by atoms with Crippen LogP contribution >= 0.6 is 0 Å². The molecule has 0 aliphatic heterocycles. The Hall–Kier alpha value is -1.82. The van der Waals surface area contributed by atoms with Crippen LogP contribution in [0.15, 0.2) is 60.7 Å². The zero-order valence-electron chi connectivity index (χ0n) is 12.9. The fourth-order valence-corrected chi connectivity index (χ4v) is 1.70. The molecular weight excluding hydrogens is 228 g/mol. The fraction of sp³-hybridized carbons (Fsp3) is 0.263. The van der Waals surface area contributed by atoms with Gasteiger partial charge in [0, 0.05) is 0 Å². The summed E-state index contributed by atoms with van der Waals surface area (Å²) in [5.74, 6) is 0. The number of benzene rings is 2. The van der Waals surface area contributed by atoms with E-state index in [4.69, 9.17) is 0 Å². The van der Waals surface area contributed by atoms with Crippen molar-refractivity contribution in [1.82, 2.24) is 0 Å². The minimum Gasteiger partial charge on any atom is -0.0870 e. The molecule has 0 aliphatic carbocycles. The number of allylic oxidation sites excluding steroid dienone is 1. The lowest BCUT2D eigenvalue weighted by atomic mass is 10.00. The molecule has 0 aromatic heterocycles. The molecule has 0 unspecified atom stereocenters. The molecule has 0 amide bonds. The maximum Gasteiger partial charge on any atom is -0.0112 e. The first kappa shape index (κ1) is 17.2. The summed E-state index contributed by atoms with van der Waals surface area (Å²) in [6.45, 7) is 10.0. The SMILES string of the molecule is C/C=C\c1ccccc1-c1ccccc1.CC.CC. The van der Waals surface area contributed by atoms with E-state index < -0.39 is 0 Å². The summed E-state index contributed by atoms with van der Waals surface area (Å²) < 4.78 is 0. The first-order valence-corrected chi connectivity index (χ1v) is 7.19. The molecule has 0 fully saturated rings. The highest BCUT2D eigenvalue weighted by Gasteiger charge is 1.99. The summed E-state index contributed by atoms with van der Waals surface area (Å²) in [4.78, 5) is 0. The lowest BCUT2D eigenvalue weighted by molar-refractivity contribution is 1.50. The molecule has 0 bridgehead atoms. The summed E-state index contributed by atoms with van der Waals surface area (Å²) in [6, 6.07) is 18.9. The predicted molar refractivity (Wildman–Crippen MR) is 89.3 cm³/mol. The van der Waals surface area contributed by atoms with Crippen LogP contribution in [0.4, 0.5) is 0 Å². The van der Waals surface area contributed by atoms with Gasteiger partial charge in [0.15, 0.2) is 0 Å². The molecule has 2 aromatic carbocycles. The molecular formula is C19H26. The quantitative estimate of drug-likeness (QED) is 0.578. The Morgan fingerprint density at radius 1 is 0.684 bits per heavy atom. The lowest BCUT2D eigenvalue weighted by Gasteiger charge is -2.05. The molecule has 2 aromatic rings. The van der Waals surface area contributed by atoms with Crippen LogP contribution in [0.5, 0.6) is 0 Å². The van der Waals surface area contributed by atoms with Gasteiger partial charge in [0.2, 0.25) is 0 Å². The molecule has 0 heteroatoms. The van der Waals surface area contributed by atoms with Crippen molar-refractivity contribution in [2.45, 2.75) is 34.6 Å². The molecule has 19 heavy (non-hydrogen) atoms. The Bertz CT molecular complexity index is 452. The van der Waals surface area contributed by atoms with E-state index in [0.717, 1.165) is 0 Å². The van der Waals surface area contributed by atoms with Crippen LogP contribution in [0.2, 0.25) is 0 Å². The second-order valence-corrected chi connectivity index (χ2v) is 3.45. The average molecular weight is 254 g/mol. The summed E-state index contributed by atoms with van der Waals surface area (Å²) in [5, 5.41) is 0. The van der Waals surface area contributed by atoms with Gasteiger partial charge in [0.05, 0.1) is 0 Å². The zero-order chi connectivity index (χ0) is 14.5. The number of rotatable bonds is 2. The standard InChI is InChI=1S/C15H14.2C2H6/c1-2-8-13-11-6-7-12-15(13)14-9-4-3-5-10-14;2*1-2/h2-12H,1H3;2*1-2H3/b8-2-;;. The van der Waals surface area contributed by atoms with Gasteiger partial charge in [-0.25, -0.2) is 0 Å². The van der Waals surface area contributed by atoms with E-state index in [1.807, 2.05) is 40.7 Å². The van der Waals surface area contributed by atoms with Crippen molar-refractivity contribution in [3.63, 3.8) is 0 Å². The van der Waals surface area contributed by atoms with Crippen molar-refractivity contribution in [3.05, 3.63) is 66.2 Å². The van der Waals surface area contributed by atoms with Crippen molar-refractivity contribution < 1.29 is 0 Å². The van der Waals surface area contributed by atoms with Crippen molar-refractivity contribution in [3.8, 4) is 11.1 Å². The molecule has 102 valence electrons. The highest BCUT2D eigenvalue weighted by Crippen LogP contribution is 2.24. The maximum absolute atomic E-state index is 2.16. The van der Waals surface area contributed by atoms with Crippen LogP contribution < -0.4 is 0 Å². The molecule has 0 atom stereocenters. The molecule has 0 nitrogen and oxygen atoms in total. The summed E-state index contributed by atoms with van der Waals surface area (Å²) in [6.07, 6.45) is 4.21. The molecule has 0 aliphatic rings. The molecule has 0 saturated heterocycles. The van der Waals surface area contributed by atoms with E-state index in [1.54, 1.807) is 0 Å². The number of hydrogen-bond donors (Lipinski definition) is 0. The Balaban J connectivity index is 0.000000741. The van der Waals surface area contributed by atoms with Crippen LogP contribution in [0, 0.1) is 0 Å². The van der Waals surface area contributed by atoms with Gasteiger partial charge in [-0.15, -0.1) is 0 Å². The first-order chi connectivity index (χ1) is 9.42. The minimum atomic E-state index is 1.27. The Labute approximate surface area is 118 Å². The Morgan fingerprint density at radius 3 is 1.79 bits per heavy atom. The van der Waals surface area contributed by atoms with E-state index in [9.17, 15) is 0 Å². The van der Waals surface area contributed by atoms with Gasteiger partial charge in [-0.1, -0.05) is 94.4 Å². The van der Waals surface area contributed by atoms with Gasteiger partial charge in [-0.3, -0.25) is 0 Å². The molecule has 0 heterocycles. The van der Waals surface area contributed by atoms with Gasteiger partial charge in [0.1, 0.15) is 0 Å². The normalized spacial score (nSPS) is 9.11. The second kappa shape index (κ2) is 11.3. The number of hydrogen-bond acceptors (Lipinski definition) is 0. The van der Waals surface area contributed by atoms with Crippen molar-refractivity contribution in [2.75, 3.05) is 0 Å². The monoisotopic (exact) mass is 254 g/mol. The lowest BCUT2D eigenvalue weighted by Crippen LogP contribution is -1.81. The van der Waals surface area contributed by atoms with E-state index in [0.29, 0.717) is 0 Å². The van der Waals surface area contributed by atoms with E-state index in [1.165, 1.54) is 16.7 Å². The third-order valence-electron chi connectivity index (χ3n) is 2.39. The molecule has 2 rings (SSSR count). The minimum absolute atomic E-state index is 1.27. The van der Waals surface area contributed by atoms with Gasteiger partial charge < -0.3 is 0 Å². The third-order valence-corrected chi connectivity index (χ3v) is 2.39. The van der Waals surface area contributed by atoms with Crippen molar-refractivity contribution >= 4 is 6.08 Å². The second-order valence-electron chi connectivity index (χ2n) is 3.45. The van der Waals surface area contributed by atoms with Crippen LogP contribution in [-0.2, 0) is 0 Å². The fourth-order valence-electron chi connectivity index (χ4n) is 1.70. The van der Waals surface area contributed by atoms with Gasteiger partial charge in [-0.2, -0.15) is 0 Å². The maximum atomic E-state index is 2.16. The van der Waals surface area contributed by atoms with Gasteiger partial charge in [-0.05, 0) is 23.6 Å². The largest absolute Gasteiger partial charge is 0.0870 e. The predicted octanol–water partition coefficient (Wildman–Crippen LogP) is 6.44. The van der Waals surface area contributed by atoms with Gasteiger partial charge >= 0.3 is 0 Å². The Morgan fingerprint density at radius 2 is 1.21 bits per heavy atom. The average Bonchev–Trinajstić information content (AvgIpc) is 2.53. The summed E-state index contributed by atoms with van der Waals surface area (Å²) in [7, 11) is 0. The van der Waals surface area contributed by atoms with E-state index >= 15 is 0 Å². The molecule has 0 radical (unpaired) electrons. The Kier molecular flexibility index (Phi) is 10.2. The van der Waals surface area contributed by atoms with Crippen LogP contribution in [0.1, 0.15) is 40.2 Å². The van der Waals surface area contributed by atoms with E-state index in [2.05, 4.69) is 60.7 Å². The van der Waals surface area contributed by atoms with E-state index in [-0.39, 0.29) is 0 Å². The van der Waals surface area contributed by atoms with Crippen LogP contribution in [-0.4, -0.2) is 0 Å². The first-order valence-electron chi connectivity index (χ1n) is 7.19.